The van der Waals surface area contributed by atoms with Crippen LogP contribution in [0, 0.1) is 12.8 Å². The first-order valence-corrected chi connectivity index (χ1v) is 8.42. The quantitative estimate of drug-likeness (QED) is 0.709. The Morgan fingerprint density at radius 1 is 1.07 bits per heavy atom. The van der Waals surface area contributed by atoms with E-state index in [1.807, 2.05) is 0 Å². The third-order valence-electron chi connectivity index (χ3n) is 4.78. The van der Waals surface area contributed by atoms with Crippen molar-refractivity contribution >= 4 is 5.91 Å². The Bertz CT molecular complexity index is 848. The molecule has 1 aliphatic rings. The lowest BCUT2D eigenvalue weighted by atomic mass is 9.96. The number of nitrogens with zero attached hydrogens (tertiary/aromatic N) is 4. The van der Waals surface area contributed by atoms with Crippen LogP contribution in [-0.2, 0) is 6.18 Å². The van der Waals surface area contributed by atoms with Gasteiger partial charge in [-0.25, -0.2) is 9.67 Å². The van der Waals surface area contributed by atoms with Crippen molar-refractivity contribution < 1.29 is 31.1 Å². The van der Waals surface area contributed by atoms with Gasteiger partial charge in [-0.2, -0.15) is 31.4 Å². The summed E-state index contributed by atoms with van der Waals surface area (Å²) in [7, 11) is 0. The van der Waals surface area contributed by atoms with Gasteiger partial charge in [0.15, 0.2) is 5.82 Å². The third kappa shape index (κ3) is 3.97. The maximum absolute atomic E-state index is 12.8. The first kappa shape index (κ1) is 20.2. The molecule has 0 radical (unpaired) electrons. The number of halogens is 6. The second-order valence-electron chi connectivity index (χ2n) is 6.57. The molecule has 0 aliphatic carbocycles. The van der Waals surface area contributed by atoms with E-state index in [0.29, 0.717) is 11.9 Å². The van der Waals surface area contributed by atoms with E-state index in [9.17, 15) is 31.1 Å². The number of amides is 1. The summed E-state index contributed by atoms with van der Waals surface area (Å²) in [5, 5.41) is 3.99. The molecule has 2 aromatic rings. The summed E-state index contributed by atoms with van der Waals surface area (Å²) in [6.45, 7) is 1.50. The molecule has 1 fully saturated rings. The Balaban J connectivity index is 1.75. The molecule has 0 saturated carbocycles. The molecule has 0 spiro atoms. The molecule has 1 saturated heterocycles. The summed E-state index contributed by atoms with van der Waals surface area (Å²) in [4.78, 5) is 17.7. The molecular formula is C17H16F6N4O. The molecule has 0 unspecified atom stereocenters. The first-order chi connectivity index (χ1) is 13.0. The van der Waals surface area contributed by atoms with Crippen LogP contribution in [0.15, 0.2) is 24.5 Å². The summed E-state index contributed by atoms with van der Waals surface area (Å²) in [5.74, 6) is -1.78. The normalized spacial score (nSPS) is 16.5. The lowest BCUT2D eigenvalue weighted by molar-refractivity contribution is -0.183. The fourth-order valence-corrected chi connectivity index (χ4v) is 3.11. The predicted molar refractivity (Wildman–Crippen MR) is 85.8 cm³/mol. The molecule has 0 bridgehead atoms. The SMILES string of the molecule is Cc1c(C(=O)N2CCC(C(F)(F)F)CC2)cnn1-c1ccc(C(F)(F)F)cn1. The van der Waals surface area contributed by atoms with E-state index in [2.05, 4.69) is 10.1 Å². The van der Waals surface area contributed by atoms with Crippen LogP contribution in [0.4, 0.5) is 26.3 Å². The molecule has 0 N–H and O–H groups in total. The second kappa shape index (κ2) is 7.10. The Labute approximate surface area is 156 Å². The highest BCUT2D eigenvalue weighted by atomic mass is 19.4. The van der Waals surface area contributed by atoms with Crippen LogP contribution in [0.3, 0.4) is 0 Å². The van der Waals surface area contributed by atoms with Gasteiger partial charge in [-0.05, 0) is 31.9 Å². The van der Waals surface area contributed by atoms with Gasteiger partial charge in [0.05, 0.1) is 28.9 Å². The minimum atomic E-state index is -4.52. The van der Waals surface area contributed by atoms with Gasteiger partial charge in [-0.3, -0.25) is 4.79 Å². The minimum Gasteiger partial charge on any atom is -0.339 e. The number of carbonyl (C=O) groups is 1. The number of rotatable bonds is 2. The molecule has 1 amide bonds. The summed E-state index contributed by atoms with van der Waals surface area (Å²) in [6.07, 6.45) is -7.21. The maximum atomic E-state index is 12.8. The number of carbonyl (C=O) groups excluding carboxylic acids is 1. The van der Waals surface area contributed by atoms with Gasteiger partial charge in [-0.1, -0.05) is 0 Å². The lowest BCUT2D eigenvalue weighted by Crippen LogP contribution is -2.42. The van der Waals surface area contributed by atoms with Crippen LogP contribution in [0.25, 0.3) is 5.82 Å². The van der Waals surface area contributed by atoms with E-state index in [-0.39, 0.29) is 37.3 Å². The van der Waals surface area contributed by atoms with Crippen LogP contribution >= 0.6 is 0 Å². The van der Waals surface area contributed by atoms with Crippen molar-refractivity contribution in [3.8, 4) is 5.82 Å². The monoisotopic (exact) mass is 406 g/mol. The van der Waals surface area contributed by atoms with Crippen LogP contribution in [0.1, 0.15) is 34.5 Å². The van der Waals surface area contributed by atoms with Crippen molar-refractivity contribution in [3.05, 3.63) is 41.3 Å². The Kier molecular flexibility index (Phi) is 5.11. The molecule has 28 heavy (non-hydrogen) atoms. The van der Waals surface area contributed by atoms with Gasteiger partial charge in [0.2, 0.25) is 0 Å². The molecule has 0 aromatic carbocycles. The standard InChI is InChI=1S/C17H16F6N4O/c1-10-13(15(28)26-6-4-11(5-7-26)16(18,19)20)9-25-27(10)14-3-2-12(8-24-14)17(21,22)23/h2-3,8-9,11H,4-7H2,1H3. The van der Waals surface area contributed by atoms with Crippen molar-refractivity contribution in [3.63, 3.8) is 0 Å². The molecule has 2 aromatic heterocycles. The van der Waals surface area contributed by atoms with Crippen molar-refractivity contribution in [1.29, 1.82) is 0 Å². The van der Waals surface area contributed by atoms with E-state index in [1.165, 1.54) is 15.8 Å². The van der Waals surface area contributed by atoms with Crippen molar-refractivity contribution in [2.75, 3.05) is 13.1 Å². The van der Waals surface area contributed by atoms with Crippen LogP contribution in [0.5, 0.6) is 0 Å². The molecule has 11 heteroatoms. The topological polar surface area (TPSA) is 51.0 Å². The largest absolute Gasteiger partial charge is 0.417 e. The van der Waals surface area contributed by atoms with Gasteiger partial charge in [0.1, 0.15) is 0 Å². The van der Waals surface area contributed by atoms with Crippen molar-refractivity contribution in [1.82, 2.24) is 19.7 Å². The zero-order chi connectivity index (χ0) is 20.7. The summed E-state index contributed by atoms with van der Waals surface area (Å²) >= 11 is 0. The number of hydrogen-bond donors (Lipinski definition) is 0. The maximum Gasteiger partial charge on any atom is 0.417 e. The Hall–Kier alpha value is -2.59. The number of hydrogen-bond acceptors (Lipinski definition) is 3. The van der Waals surface area contributed by atoms with E-state index in [4.69, 9.17) is 0 Å². The molecule has 0 atom stereocenters. The molecular weight excluding hydrogens is 390 g/mol. The van der Waals surface area contributed by atoms with Gasteiger partial charge in [0.25, 0.3) is 5.91 Å². The van der Waals surface area contributed by atoms with Crippen molar-refractivity contribution in [2.45, 2.75) is 32.1 Å². The second-order valence-corrected chi connectivity index (χ2v) is 6.57. The van der Waals surface area contributed by atoms with Crippen LogP contribution in [-0.4, -0.2) is 44.8 Å². The highest BCUT2D eigenvalue weighted by molar-refractivity contribution is 5.95. The number of aromatic nitrogens is 3. The smallest absolute Gasteiger partial charge is 0.339 e. The minimum absolute atomic E-state index is 0.0217. The van der Waals surface area contributed by atoms with Gasteiger partial charge in [-0.15, -0.1) is 0 Å². The lowest BCUT2D eigenvalue weighted by Gasteiger charge is -2.32. The van der Waals surface area contributed by atoms with Crippen LogP contribution in [0.2, 0.25) is 0 Å². The third-order valence-corrected chi connectivity index (χ3v) is 4.78. The number of pyridine rings is 1. The molecule has 3 rings (SSSR count). The van der Waals surface area contributed by atoms with Crippen LogP contribution < -0.4 is 0 Å². The van der Waals surface area contributed by atoms with E-state index < -0.39 is 29.7 Å². The van der Waals surface area contributed by atoms with Gasteiger partial charge >= 0.3 is 12.4 Å². The predicted octanol–water partition coefficient (Wildman–Crippen LogP) is 4.01. The number of piperidine rings is 1. The summed E-state index contributed by atoms with van der Waals surface area (Å²) in [6, 6.07) is 1.98. The number of likely N-dealkylation sites (tertiary alicyclic amines) is 1. The van der Waals surface area contributed by atoms with Gasteiger partial charge in [0, 0.05) is 19.3 Å². The molecule has 5 nitrogen and oxygen atoms in total. The average molecular weight is 406 g/mol. The van der Waals surface area contributed by atoms with E-state index >= 15 is 0 Å². The zero-order valence-corrected chi connectivity index (χ0v) is 14.7. The molecule has 1 aliphatic heterocycles. The zero-order valence-electron chi connectivity index (χ0n) is 14.7. The summed E-state index contributed by atoms with van der Waals surface area (Å²) < 4.78 is 77.4. The molecule has 3 heterocycles. The fraction of sp³-hybridized carbons (Fsp3) is 0.471. The molecule has 152 valence electrons. The van der Waals surface area contributed by atoms with Gasteiger partial charge < -0.3 is 4.90 Å². The fourth-order valence-electron chi connectivity index (χ4n) is 3.11. The average Bonchev–Trinajstić information content (AvgIpc) is 3.01. The highest BCUT2D eigenvalue weighted by Gasteiger charge is 2.42. The van der Waals surface area contributed by atoms with E-state index in [1.54, 1.807) is 6.92 Å². The first-order valence-electron chi connectivity index (χ1n) is 8.42. The van der Waals surface area contributed by atoms with E-state index in [0.717, 1.165) is 12.1 Å². The Morgan fingerprint density at radius 3 is 2.21 bits per heavy atom. The number of alkyl halides is 6. The Morgan fingerprint density at radius 2 is 1.71 bits per heavy atom. The summed E-state index contributed by atoms with van der Waals surface area (Å²) in [5.41, 5.74) is -0.396. The highest BCUT2D eigenvalue weighted by Crippen LogP contribution is 2.34. The van der Waals surface area contributed by atoms with Crippen molar-refractivity contribution in [2.24, 2.45) is 5.92 Å².